The van der Waals surface area contributed by atoms with Crippen molar-refractivity contribution in [3.63, 3.8) is 0 Å². The van der Waals surface area contributed by atoms with E-state index in [4.69, 9.17) is 40.4 Å². The van der Waals surface area contributed by atoms with Crippen LogP contribution >= 0.6 is 35.4 Å². The predicted octanol–water partition coefficient (Wildman–Crippen LogP) is 3.62. The van der Waals surface area contributed by atoms with Gasteiger partial charge in [0.2, 0.25) is 5.95 Å². The number of aryl methyl sites for hydroxylation is 2. The number of rotatable bonds is 4. The molecular formula is C26H27Cl2N7O2S. The Morgan fingerprint density at radius 2 is 1.68 bits per heavy atom. The van der Waals surface area contributed by atoms with Crippen LogP contribution in [0.4, 0.5) is 11.6 Å². The van der Waals surface area contributed by atoms with Crippen LogP contribution in [0.2, 0.25) is 10.0 Å². The van der Waals surface area contributed by atoms with Gasteiger partial charge in [-0.25, -0.2) is 4.79 Å². The first-order valence-electron chi connectivity index (χ1n) is 12.1. The first-order valence-corrected chi connectivity index (χ1v) is 13.3. The largest absolute Gasteiger partial charge is 0.345 e. The molecule has 1 saturated heterocycles. The third-order valence-electron chi connectivity index (χ3n) is 6.81. The summed E-state index contributed by atoms with van der Waals surface area (Å²) in [4.78, 5) is 34.9. The van der Waals surface area contributed by atoms with E-state index in [2.05, 4.69) is 15.1 Å². The van der Waals surface area contributed by atoms with Crippen molar-refractivity contribution in [1.29, 1.82) is 0 Å². The van der Waals surface area contributed by atoms with E-state index in [9.17, 15) is 9.59 Å². The molecule has 2 aromatic carbocycles. The molecule has 0 atom stereocenters. The van der Waals surface area contributed by atoms with Crippen LogP contribution in [0.1, 0.15) is 11.1 Å². The van der Waals surface area contributed by atoms with Gasteiger partial charge in [-0.1, -0.05) is 53.0 Å². The summed E-state index contributed by atoms with van der Waals surface area (Å²) in [6, 6.07) is 13.4. The molecular weight excluding hydrogens is 545 g/mol. The molecule has 9 nitrogen and oxygen atoms in total. The molecule has 0 spiro atoms. The van der Waals surface area contributed by atoms with Crippen molar-refractivity contribution < 1.29 is 0 Å². The summed E-state index contributed by atoms with van der Waals surface area (Å²) < 4.78 is 4.47. The highest BCUT2D eigenvalue weighted by Gasteiger charge is 2.26. The molecule has 1 aliphatic heterocycles. The van der Waals surface area contributed by atoms with E-state index >= 15 is 0 Å². The molecule has 0 bridgehead atoms. The number of hydrogen-bond donors (Lipinski definition) is 1. The summed E-state index contributed by atoms with van der Waals surface area (Å²) in [5, 5.41) is 4.82. The minimum Gasteiger partial charge on any atom is -0.345 e. The highest BCUT2D eigenvalue weighted by molar-refractivity contribution is 7.80. The van der Waals surface area contributed by atoms with Gasteiger partial charge >= 0.3 is 5.69 Å². The number of benzene rings is 2. The monoisotopic (exact) mass is 571 g/mol. The lowest BCUT2D eigenvalue weighted by molar-refractivity contribution is 0.386. The first kappa shape index (κ1) is 26.3. The Bertz CT molecular complexity index is 1650. The maximum absolute atomic E-state index is 13.2. The summed E-state index contributed by atoms with van der Waals surface area (Å²) >= 11 is 17.9. The molecule has 1 aliphatic rings. The van der Waals surface area contributed by atoms with Crippen LogP contribution in [-0.2, 0) is 20.6 Å². The third kappa shape index (κ3) is 4.91. The minimum absolute atomic E-state index is 0.363. The van der Waals surface area contributed by atoms with Crippen LogP contribution < -0.4 is 21.5 Å². The summed E-state index contributed by atoms with van der Waals surface area (Å²) in [5.74, 6) is 0.651. The Morgan fingerprint density at radius 1 is 1.00 bits per heavy atom. The minimum atomic E-state index is -0.406. The molecule has 0 amide bonds. The van der Waals surface area contributed by atoms with E-state index in [-0.39, 0.29) is 5.56 Å². The molecule has 38 heavy (non-hydrogen) atoms. The van der Waals surface area contributed by atoms with E-state index in [0.29, 0.717) is 70.7 Å². The molecule has 3 heterocycles. The zero-order chi connectivity index (χ0) is 27.1. The van der Waals surface area contributed by atoms with Crippen LogP contribution in [0.3, 0.4) is 0 Å². The molecule has 198 valence electrons. The Hall–Kier alpha value is -3.34. The maximum Gasteiger partial charge on any atom is 0.332 e. The van der Waals surface area contributed by atoms with Crippen molar-refractivity contribution in [2.24, 2.45) is 14.1 Å². The van der Waals surface area contributed by atoms with E-state index in [0.717, 1.165) is 15.7 Å². The van der Waals surface area contributed by atoms with Crippen LogP contribution in [0, 0.1) is 6.92 Å². The Labute approximate surface area is 234 Å². The smallest absolute Gasteiger partial charge is 0.332 e. The molecule has 2 aromatic heterocycles. The number of imidazole rings is 1. The van der Waals surface area contributed by atoms with E-state index in [1.807, 2.05) is 35.8 Å². The first-order chi connectivity index (χ1) is 18.1. The number of aromatic nitrogens is 4. The van der Waals surface area contributed by atoms with Crippen molar-refractivity contribution >= 4 is 63.3 Å². The summed E-state index contributed by atoms with van der Waals surface area (Å²) in [6.45, 7) is 5.02. The lowest BCUT2D eigenvalue weighted by atomic mass is 10.1. The van der Waals surface area contributed by atoms with Gasteiger partial charge in [-0.3, -0.25) is 18.5 Å². The third-order valence-corrected chi connectivity index (χ3v) is 7.72. The predicted molar refractivity (Wildman–Crippen MR) is 157 cm³/mol. The summed E-state index contributed by atoms with van der Waals surface area (Å²) in [5.41, 5.74) is 2.90. The van der Waals surface area contributed by atoms with Crippen molar-refractivity contribution in [2.75, 3.05) is 36.4 Å². The topological polar surface area (TPSA) is 80.3 Å². The van der Waals surface area contributed by atoms with E-state index in [1.165, 1.54) is 11.6 Å². The van der Waals surface area contributed by atoms with Crippen molar-refractivity contribution in [3.05, 3.63) is 84.5 Å². The fourth-order valence-electron chi connectivity index (χ4n) is 4.60. The number of hydrogen-bond acceptors (Lipinski definition) is 5. The normalized spacial score (nSPS) is 13.8. The highest BCUT2D eigenvalue weighted by atomic mass is 35.5. The molecule has 12 heteroatoms. The average molecular weight is 573 g/mol. The molecule has 0 saturated carbocycles. The molecule has 0 radical (unpaired) electrons. The second kappa shape index (κ2) is 10.4. The highest BCUT2D eigenvalue weighted by Crippen LogP contribution is 2.26. The standard InChI is InChI=1S/C26H27Cl2N7O2S/c1-16-4-6-17(7-5-16)15-35-21-22(31(2)26(37)32(3)23(21)36)30-24(35)33-10-12-34(13-11-33)25(38)29-20-9-8-18(27)14-19(20)28/h4-9,14H,10-13,15H2,1-3H3,(H,29,38). The van der Waals surface area contributed by atoms with Gasteiger partial charge < -0.3 is 15.1 Å². The molecule has 0 unspecified atom stereocenters. The molecule has 1 fully saturated rings. The van der Waals surface area contributed by atoms with Crippen molar-refractivity contribution in [2.45, 2.75) is 13.5 Å². The van der Waals surface area contributed by atoms with Gasteiger partial charge in [-0.15, -0.1) is 0 Å². The Kier molecular flexibility index (Phi) is 7.21. The Morgan fingerprint density at radius 3 is 2.34 bits per heavy atom. The van der Waals surface area contributed by atoms with Gasteiger partial charge in [0.25, 0.3) is 5.56 Å². The lowest BCUT2D eigenvalue weighted by Crippen LogP contribution is -2.50. The van der Waals surface area contributed by atoms with Crippen molar-refractivity contribution in [3.8, 4) is 0 Å². The van der Waals surface area contributed by atoms with Crippen LogP contribution in [-0.4, -0.2) is 54.9 Å². The molecule has 5 rings (SSSR count). The molecule has 1 N–H and O–H groups in total. The zero-order valence-electron chi connectivity index (χ0n) is 21.2. The number of anilines is 2. The van der Waals surface area contributed by atoms with Crippen LogP contribution in [0.5, 0.6) is 0 Å². The molecule has 0 aliphatic carbocycles. The second-order valence-corrected chi connectivity index (χ2v) is 10.6. The molecule has 4 aromatic rings. The fourth-order valence-corrected chi connectivity index (χ4v) is 5.35. The number of fused-ring (bicyclic) bond motifs is 1. The van der Waals surface area contributed by atoms with Crippen LogP contribution in [0.15, 0.2) is 52.1 Å². The summed E-state index contributed by atoms with van der Waals surface area (Å²) in [7, 11) is 3.13. The van der Waals surface area contributed by atoms with Gasteiger partial charge in [-0.05, 0) is 42.9 Å². The number of nitrogens with zero attached hydrogens (tertiary/aromatic N) is 6. The van der Waals surface area contributed by atoms with Gasteiger partial charge in [0, 0.05) is 45.3 Å². The average Bonchev–Trinajstić information content (AvgIpc) is 3.28. The zero-order valence-corrected chi connectivity index (χ0v) is 23.6. The maximum atomic E-state index is 13.2. The van der Waals surface area contributed by atoms with Gasteiger partial charge in [0.05, 0.1) is 17.3 Å². The second-order valence-electron chi connectivity index (χ2n) is 9.39. The number of halogens is 2. The van der Waals surface area contributed by atoms with Gasteiger partial charge in [-0.2, -0.15) is 4.98 Å². The van der Waals surface area contributed by atoms with Gasteiger partial charge in [0.1, 0.15) is 0 Å². The number of thiocarbonyl (C=S) groups is 1. The SMILES string of the molecule is Cc1ccc(Cn2c(N3CCN(C(=S)Nc4ccc(Cl)cc4Cl)CC3)nc3c2c(=O)n(C)c(=O)n3C)cc1. The van der Waals surface area contributed by atoms with Crippen molar-refractivity contribution in [1.82, 2.24) is 23.6 Å². The quantitative estimate of drug-likeness (QED) is 0.375. The number of nitrogens with one attached hydrogen (secondary N) is 1. The van der Waals surface area contributed by atoms with Crippen LogP contribution in [0.25, 0.3) is 11.2 Å². The lowest BCUT2D eigenvalue weighted by Gasteiger charge is -2.37. The van der Waals surface area contributed by atoms with E-state index in [1.54, 1.807) is 25.2 Å². The number of piperazine rings is 1. The van der Waals surface area contributed by atoms with Gasteiger partial charge in [0.15, 0.2) is 16.3 Å². The summed E-state index contributed by atoms with van der Waals surface area (Å²) in [6.07, 6.45) is 0. The Balaban J connectivity index is 1.44. The fraction of sp³-hybridized carbons (Fsp3) is 0.308. The van der Waals surface area contributed by atoms with E-state index < -0.39 is 5.69 Å².